The zero-order chi connectivity index (χ0) is 14.7. The normalized spacial score (nSPS) is 10.3. The molecule has 2 aromatic rings. The predicted octanol–water partition coefficient (Wildman–Crippen LogP) is 4.28. The van der Waals surface area contributed by atoms with Crippen molar-refractivity contribution in [2.45, 2.75) is 6.54 Å². The molecule has 0 aliphatic carbocycles. The van der Waals surface area contributed by atoms with Crippen LogP contribution in [0.2, 0.25) is 15.1 Å². The van der Waals surface area contributed by atoms with Crippen LogP contribution >= 0.6 is 34.8 Å². The fourth-order valence-corrected chi connectivity index (χ4v) is 2.27. The average Bonchev–Trinajstić information content (AvgIpc) is 2.40. The van der Waals surface area contributed by atoms with Crippen LogP contribution in [-0.2, 0) is 6.54 Å². The number of amides is 1. The molecular formula is C14H10Cl3NO2. The maximum Gasteiger partial charge on any atom is 0.255 e. The minimum atomic E-state index is -0.434. The summed E-state index contributed by atoms with van der Waals surface area (Å²) in [6, 6.07) is 9.28. The molecule has 20 heavy (non-hydrogen) atoms. The lowest BCUT2D eigenvalue weighted by molar-refractivity contribution is 0.0948. The van der Waals surface area contributed by atoms with Gasteiger partial charge in [0.15, 0.2) is 0 Å². The van der Waals surface area contributed by atoms with Gasteiger partial charge in [0.1, 0.15) is 5.75 Å². The third-order valence-electron chi connectivity index (χ3n) is 2.66. The number of nitrogens with one attached hydrogen (secondary N) is 1. The van der Waals surface area contributed by atoms with Gasteiger partial charge in [-0.05, 0) is 35.9 Å². The summed E-state index contributed by atoms with van der Waals surface area (Å²) in [5.41, 5.74) is 0.841. The largest absolute Gasteiger partial charge is 0.507 e. The van der Waals surface area contributed by atoms with E-state index in [4.69, 9.17) is 34.8 Å². The fraction of sp³-hybridized carbons (Fsp3) is 0.0714. The third-order valence-corrected chi connectivity index (χ3v) is 3.48. The van der Waals surface area contributed by atoms with Crippen LogP contribution < -0.4 is 5.32 Å². The molecule has 2 N–H and O–H groups in total. The van der Waals surface area contributed by atoms with E-state index in [1.807, 2.05) is 0 Å². The number of carbonyl (C=O) groups is 1. The number of carbonyl (C=O) groups excluding carboxylic acids is 1. The number of phenolic OH excluding ortho intramolecular Hbond substituents is 1. The summed E-state index contributed by atoms with van der Waals surface area (Å²) in [5.74, 6) is -0.565. The van der Waals surface area contributed by atoms with Crippen LogP contribution in [-0.4, -0.2) is 11.0 Å². The minimum absolute atomic E-state index is 0.114. The molecule has 0 aliphatic rings. The first-order valence-electron chi connectivity index (χ1n) is 5.68. The van der Waals surface area contributed by atoms with Gasteiger partial charge in [0, 0.05) is 21.6 Å². The molecule has 2 rings (SSSR count). The van der Waals surface area contributed by atoms with Crippen molar-refractivity contribution in [3.63, 3.8) is 0 Å². The molecule has 0 aromatic heterocycles. The molecule has 0 atom stereocenters. The number of rotatable bonds is 3. The van der Waals surface area contributed by atoms with Gasteiger partial charge in [-0.25, -0.2) is 0 Å². The van der Waals surface area contributed by atoms with E-state index in [-0.39, 0.29) is 17.9 Å². The maximum atomic E-state index is 12.0. The van der Waals surface area contributed by atoms with Crippen molar-refractivity contribution in [1.29, 1.82) is 0 Å². The molecule has 0 saturated heterocycles. The molecule has 6 heteroatoms. The molecule has 0 bridgehead atoms. The molecule has 1 amide bonds. The summed E-state index contributed by atoms with van der Waals surface area (Å²) < 4.78 is 0. The Morgan fingerprint density at radius 2 is 1.70 bits per heavy atom. The summed E-state index contributed by atoms with van der Waals surface area (Å²) in [4.78, 5) is 12.0. The quantitative estimate of drug-likeness (QED) is 0.882. The van der Waals surface area contributed by atoms with Crippen LogP contribution in [0.1, 0.15) is 15.9 Å². The molecule has 2 aromatic carbocycles. The number of aromatic hydroxyl groups is 1. The van der Waals surface area contributed by atoms with Crippen molar-refractivity contribution < 1.29 is 9.90 Å². The van der Waals surface area contributed by atoms with Gasteiger partial charge in [0.2, 0.25) is 0 Å². The number of benzene rings is 2. The van der Waals surface area contributed by atoms with Crippen LogP contribution in [0.15, 0.2) is 36.4 Å². The van der Waals surface area contributed by atoms with E-state index >= 15 is 0 Å². The first-order chi connectivity index (χ1) is 9.47. The molecule has 0 fully saturated rings. The van der Waals surface area contributed by atoms with Crippen LogP contribution in [0.5, 0.6) is 5.75 Å². The molecular weight excluding hydrogens is 321 g/mol. The van der Waals surface area contributed by atoms with Crippen LogP contribution in [0.3, 0.4) is 0 Å². The van der Waals surface area contributed by atoms with E-state index < -0.39 is 5.91 Å². The summed E-state index contributed by atoms with van der Waals surface area (Å²) in [6.07, 6.45) is 0. The van der Waals surface area contributed by atoms with Crippen molar-refractivity contribution in [1.82, 2.24) is 5.32 Å². The average molecular weight is 331 g/mol. The number of halogens is 3. The molecule has 0 unspecified atom stereocenters. The smallest absolute Gasteiger partial charge is 0.255 e. The van der Waals surface area contributed by atoms with E-state index in [0.29, 0.717) is 15.1 Å². The Bertz CT molecular complexity index is 659. The highest BCUT2D eigenvalue weighted by molar-refractivity contribution is 6.35. The van der Waals surface area contributed by atoms with Crippen LogP contribution in [0, 0.1) is 0 Å². The lowest BCUT2D eigenvalue weighted by Gasteiger charge is -2.09. The first kappa shape index (κ1) is 15.0. The van der Waals surface area contributed by atoms with Crippen molar-refractivity contribution >= 4 is 40.7 Å². The molecule has 0 heterocycles. The van der Waals surface area contributed by atoms with Crippen LogP contribution in [0.4, 0.5) is 0 Å². The zero-order valence-electron chi connectivity index (χ0n) is 10.2. The second kappa shape index (κ2) is 6.35. The minimum Gasteiger partial charge on any atom is -0.507 e. The topological polar surface area (TPSA) is 49.3 Å². The Labute approximate surface area is 131 Å². The Morgan fingerprint density at radius 1 is 1.05 bits per heavy atom. The Morgan fingerprint density at radius 3 is 2.40 bits per heavy atom. The summed E-state index contributed by atoms with van der Waals surface area (Å²) in [6.45, 7) is 0.223. The lowest BCUT2D eigenvalue weighted by Crippen LogP contribution is -2.23. The molecule has 0 aliphatic heterocycles. The molecule has 0 saturated carbocycles. The van der Waals surface area contributed by atoms with Crippen molar-refractivity contribution in [3.8, 4) is 5.75 Å². The molecule has 104 valence electrons. The summed E-state index contributed by atoms with van der Waals surface area (Å²) in [7, 11) is 0. The van der Waals surface area contributed by atoms with Gasteiger partial charge in [0.05, 0.1) is 5.56 Å². The van der Waals surface area contributed by atoms with Gasteiger partial charge >= 0.3 is 0 Å². The number of hydrogen-bond donors (Lipinski definition) is 2. The van der Waals surface area contributed by atoms with Gasteiger partial charge in [0.25, 0.3) is 5.91 Å². The van der Waals surface area contributed by atoms with Crippen LogP contribution in [0.25, 0.3) is 0 Å². The standard InChI is InChI=1S/C14H10Cl3NO2/c15-9-3-4-13(19)11(5-9)14(20)18-7-8-1-2-10(16)6-12(8)17/h1-6,19H,7H2,(H,18,20). The van der Waals surface area contributed by atoms with Gasteiger partial charge in [-0.1, -0.05) is 40.9 Å². The van der Waals surface area contributed by atoms with Gasteiger partial charge in [-0.3, -0.25) is 4.79 Å². The summed E-state index contributed by atoms with van der Waals surface area (Å²) in [5, 5.41) is 13.7. The molecule has 3 nitrogen and oxygen atoms in total. The number of hydrogen-bond acceptors (Lipinski definition) is 2. The van der Waals surface area contributed by atoms with Crippen molar-refractivity contribution in [3.05, 3.63) is 62.6 Å². The second-order valence-electron chi connectivity index (χ2n) is 4.08. The highest BCUT2D eigenvalue weighted by atomic mass is 35.5. The van der Waals surface area contributed by atoms with E-state index in [1.54, 1.807) is 18.2 Å². The highest BCUT2D eigenvalue weighted by Crippen LogP contribution is 2.23. The predicted molar refractivity (Wildman–Crippen MR) is 80.7 cm³/mol. The molecule has 0 spiro atoms. The van der Waals surface area contributed by atoms with Crippen molar-refractivity contribution in [2.75, 3.05) is 0 Å². The fourth-order valence-electron chi connectivity index (χ4n) is 1.63. The number of phenols is 1. The van der Waals surface area contributed by atoms with E-state index in [2.05, 4.69) is 5.32 Å². The summed E-state index contributed by atoms with van der Waals surface area (Å²) >= 11 is 17.6. The monoisotopic (exact) mass is 329 g/mol. The Balaban J connectivity index is 2.10. The zero-order valence-corrected chi connectivity index (χ0v) is 12.4. The third kappa shape index (κ3) is 3.57. The van der Waals surface area contributed by atoms with Gasteiger partial charge < -0.3 is 10.4 Å². The Hall–Kier alpha value is -1.42. The Kier molecular flexibility index (Phi) is 4.76. The lowest BCUT2D eigenvalue weighted by atomic mass is 10.1. The maximum absolute atomic E-state index is 12.0. The van der Waals surface area contributed by atoms with Crippen molar-refractivity contribution in [2.24, 2.45) is 0 Å². The SMILES string of the molecule is O=C(NCc1ccc(Cl)cc1Cl)c1cc(Cl)ccc1O. The van der Waals surface area contributed by atoms with E-state index in [0.717, 1.165) is 5.56 Å². The first-order valence-corrected chi connectivity index (χ1v) is 6.81. The van der Waals surface area contributed by atoms with E-state index in [9.17, 15) is 9.90 Å². The van der Waals surface area contributed by atoms with Gasteiger partial charge in [-0.15, -0.1) is 0 Å². The second-order valence-corrected chi connectivity index (χ2v) is 5.36. The highest BCUT2D eigenvalue weighted by Gasteiger charge is 2.12. The molecule has 0 radical (unpaired) electrons. The van der Waals surface area contributed by atoms with E-state index in [1.165, 1.54) is 18.2 Å². The van der Waals surface area contributed by atoms with Gasteiger partial charge in [-0.2, -0.15) is 0 Å².